The molecule has 1 aromatic carbocycles. The summed E-state index contributed by atoms with van der Waals surface area (Å²) < 4.78 is 0. The van der Waals surface area contributed by atoms with Crippen molar-refractivity contribution < 1.29 is 9.59 Å². The van der Waals surface area contributed by atoms with Gasteiger partial charge < -0.3 is 10.2 Å². The quantitative estimate of drug-likeness (QED) is 0.830. The van der Waals surface area contributed by atoms with Gasteiger partial charge in [0.25, 0.3) is 0 Å². The first kappa shape index (κ1) is 14.2. The lowest BCUT2D eigenvalue weighted by Gasteiger charge is -2.21. The first-order valence-electron chi connectivity index (χ1n) is 6.14. The number of nitrogens with one attached hydrogen (secondary N) is 1. The lowest BCUT2D eigenvalue weighted by atomic mass is 10.2. The number of anilines is 1. The van der Waals surface area contributed by atoms with E-state index in [1.165, 1.54) is 4.90 Å². The van der Waals surface area contributed by atoms with Crippen molar-refractivity contribution in [3.63, 3.8) is 0 Å². The summed E-state index contributed by atoms with van der Waals surface area (Å²) in [5.41, 5.74) is 1.81. The molecule has 1 aromatic rings. The molecule has 1 rings (SSSR count). The van der Waals surface area contributed by atoms with E-state index >= 15 is 0 Å². The molecule has 0 fully saturated rings. The summed E-state index contributed by atoms with van der Waals surface area (Å²) in [5, 5.41) is 2.61. The lowest BCUT2D eigenvalue weighted by molar-refractivity contribution is -0.137. The van der Waals surface area contributed by atoms with Gasteiger partial charge in [-0.25, -0.2) is 0 Å². The Balaban J connectivity index is 2.90. The van der Waals surface area contributed by atoms with E-state index in [4.69, 9.17) is 0 Å². The Morgan fingerprint density at radius 2 is 2.00 bits per heavy atom. The van der Waals surface area contributed by atoms with Gasteiger partial charge in [-0.05, 0) is 45.4 Å². The predicted octanol–water partition coefficient (Wildman–Crippen LogP) is 1.87. The molecule has 0 unspecified atom stereocenters. The Bertz CT molecular complexity index is 441. The third-order valence-electron chi connectivity index (χ3n) is 2.49. The monoisotopic (exact) mass is 248 g/mol. The van der Waals surface area contributed by atoms with Crippen molar-refractivity contribution >= 4 is 17.5 Å². The number of benzene rings is 1. The minimum absolute atomic E-state index is 0.0438. The van der Waals surface area contributed by atoms with Gasteiger partial charge in [0.1, 0.15) is 0 Å². The largest absolute Gasteiger partial charge is 0.346 e. The maximum atomic E-state index is 12.0. The summed E-state index contributed by atoms with van der Waals surface area (Å²) in [4.78, 5) is 25.2. The van der Waals surface area contributed by atoms with Gasteiger partial charge in [0.15, 0.2) is 0 Å². The van der Waals surface area contributed by atoms with Gasteiger partial charge in [-0.15, -0.1) is 0 Å². The molecule has 0 atom stereocenters. The molecule has 0 spiro atoms. The molecule has 4 heteroatoms. The van der Waals surface area contributed by atoms with Crippen molar-refractivity contribution in [2.45, 2.75) is 33.7 Å². The highest BCUT2D eigenvalue weighted by Gasteiger charge is 2.22. The standard InChI is InChI=1S/C14H20N2O2/c1-5-16(12-8-6-7-11(4)9-12)14(18)13(17)15-10(2)3/h6-10H,5H2,1-4H3,(H,15,17). The van der Waals surface area contributed by atoms with E-state index in [1.807, 2.05) is 52.0 Å². The molecular formula is C14H20N2O2. The second-order valence-electron chi connectivity index (χ2n) is 4.52. The van der Waals surface area contributed by atoms with Crippen LogP contribution in [-0.2, 0) is 9.59 Å². The maximum Gasteiger partial charge on any atom is 0.316 e. The van der Waals surface area contributed by atoms with Crippen molar-refractivity contribution in [2.75, 3.05) is 11.4 Å². The van der Waals surface area contributed by atoms with Crippen molar-refractivity contribution in [2.24, 2.45) is 0 Å². The molecule has 0 radical (unpaired) electrons. The van der Waals surface area contributed by atoms with Crippen molar-refractivity contribution in [1.82, 2.24) is 5.32 Å². The van der Waals surface area contributed by atoms with Crippen LogP contribution in [0, 0.1) is 6.92 Å². The Morgan fingerprint density at radius 1 is 1.33 bits per heavy atom. The van der Waals surface area contributed by atoms with E-state index in [2.05, 4.69) is 5.32 Å². The summed E-state index contributed by atoms with van der Waals surface area (Å²) in [6.07, 6.45) is 0. The van der Waals surface area contributed by atoms with Gasteiger partial charge in [0.2, 0.25) is 0 Å². The third kappa shape index (κ3) is 3.58. The molecule has 0 saturated heterocycles. The third-order valence-corrected chi connectivity index (χ3v) is 2.49. The highest BCUT2D eigenvalue weighted by molar-refractivity contribution is 6.40. The van der Waals surface area contributed by atoms with Crippen molar-refractivity contribution in [3.05, 3.63) is 29.8 Å². The highest BCUT2D eigenvalue weighted by atomic mass is 16.2. The molecule has 0 aliphatic heterocycles. The van der Waals surface area contributed by atoms with Crippen LogP contribution in [0.3, 0.4) is 0 Å². The topological polar surface area (TPSA) is 49.4 Å². The van der Waals surface area contributed by atoms with Crippen LogP contribution in [0.2, 0.25) is 0 Å². The van der Waals surface area contributed by atoms with E-state index in [1.54, 1.807) is 0 Å². The van der Waals surface area contributed by atoms with E-state index in [-0.39, 0.29) is 6.04 Å². The smallest absolute Gasteiger partial charge is 0.316 e. The van der Waals surface area contributed by atoms with Gasteiger partial charge in [-0.3, -0.25) is 9.59 Å². The molecule has 2 amide bonds. The Morgan fingerprint density at radius 3 is 2.50 bits per heavy atom. The van der Waals surface area contributed by atoms with Crippen LogP contribution < -0.4 is 10.2 Å². The first-order chi connectivity index (χ1) is 8.45. The number of likely N-dealkylation sites (N-methyl/N-ethyl adjacent to an activating group) is 1. The number of aryl methyl sites for hydroxylation is 1. The Kier molecular flexibility index (Phi) is 4.89. The van der Waals surface area contributed by atoms with Crippen LogP contribution >= 0.6 is 0 Å². The van der Waals surface area contributed by atoms with E-state index in [9.17, 15) is 9.59 Å². The number of carbonyl (C=O) groups excluding carboxylic acids is 2. The van der Waals surface area contributed by atoms with Gasteiger partial charge in [0, 0.05) is 18.3 Å². The van der Waals surface area contributed by atoms with Gasteiger partial charge in [-0.2, -0.15) is 0 Å². The molecular weight excluding hydrogens is 228 g/mol. The number of nitrogens with zero attached hydrogens (tertiary/aromatic N) is 1. The number of hydrogen-bond donors (Lipinski definition) is 1. The number of amides is 2. The van der Waals surface area contributed by atoms with Crippen LogP contribution in [-0.4, -0.2) is 24.4 Å². The Labute approximate surface area is 108 Å². The van der Waals surface area contributed by atoms with E-state index in [0.717, 1.165) is 11.3 Å². The zero-order chi connectivity index (χ0) is 13.7. The molecule has 4 nitrogen and oxygen atoms in total. The van der Waals surface area contributed by atoms with Crippen LogP contribution in [0.4, 0.5) is 5.69 Å². The predicted molar refractivity (Wildman–Crippen MR) is 72.5 cm³/mol. The average Bonchev–Trinajstić information content (AvgIpc) is 2.29. The van der Waals surface area contributed by atoms with E-state index < -0.39 is 11.8 Å². The summed E-state index contributed by atoms with van der Waals surface area (Å²) in [6, 6.07) is 7.51. The fourth-order valence-electron chi connectivity index (χ4n) is 1.69. The van der Waals surface area contributed by atoms with Crippen molar-refractivity contribution in [1.29, 1.82) is 0 Å². The Hall–Kier alpha value is -1.84. The molecule has 0 bridgehead atoms. The zero-order valence-electron chi connectivity index (χ0n) is 11.4. The summed E-state index contributed by atoms with van der Waals surface area (Å²) >= 11 is 0. The van der Waals surface area contributed by atoms with Gasteiger partial charge >= 0.3 is 11.8 Å². The van der Waals surface area contributed by atoms with Crippen LogP contribution in [0.5, 0.6) is 0 Å². The highest BCUT2D eigenvalue weighted by Crippen LogP contribution is 2.15. The first-order valence-corrected chi connectivity index (χ1v) is 6.14. The molecule has 0 aliphatic rings. The number of hydrogen-bond acceptors (Lipinski definition) is 2. The summed E-state index contributed by atoms with van der Waals surface area (Å²) in [7, 11) is 0. The summed E-state index contributed by atoms with van der Waals surface area (Å²) in [6.45, 7) is 7.93. The molecule has 0 saturated carbocycles. The second-order valence-corrected chi connectivity index (χ2v) is 4.52. The average molecular weight is 248 g/mol. The second kappa shape index (κ2) is 6.19. The molecule has 0 aromatic heterocycles. The van der Waals surface area contributed by atoms with Crippen LogP contribution in [0.1, 0.15) is 26.3 Å². The van der Waals surface area contributed by atoms with Crippen molar-refractivity contribution in [3.8, 4) is 0 Å². The van der Waals surface area contributed by atoms with Gasteiger partial charge in [-0.1, -0.05) is 12.1 Å². The van der Waals surface area contributed by atoms with Crippen LogP contribution in [0.15, 0.2) is 24.3 Å². The molecule has 0 aliphatic carbocycles. The lowest BCUT2D eigenvalue weighted by Crippen LogP contribution is -2.45. The SMILES string of the molecule is CCN(C(=O)C(=O)NC(C)C)c1cccc(C)c1. The minimum atomic E-state index is -0.562. The van der Waals surface area contributed by atoms with Crippen LogP contribution in [0.25, 0.3) is 0 Å². The normalized spacial score (nSPS) is 10.3. The maximum absolute atomic E-state index is 12.0. The molecule has 18 heavy (non-hydrogen) atoms. The molecule has 1 N–H and O–H groups in total. The molecule has 98 valence electrons. The zero-order valence-corrected chi connectivity index (χ0v) is 11.4. The fourth-order valence-corrected chi connectivity index (χ4v) is 1.69. The number of rotatable bonds is 3. The fraction of sp³-hybridized carbons (Fsp3) is 0.429. The molecule has 0 heterocycles. The van der Waals surface area contributed by atoms with Gasteiger partial charge in [0.05, 0.1) is 0 Å². The number of carbonyl (C=O) groups is 2. The summed E-state index contributed by atoms with van der Waals surface area (Å²) in [5.74, 6) is -1.08. The van der Waals surface area contributed by atoms with E-state index in [0.29, 0.717) is 6.54 Å². The minimum Gasteiger partial charge on any atom is -0.346 e.